The van der Waals surface area contributed by atoms with E-state index < -0.39 is 5.91 Å². The molecule has 156 valence electrons. The molecule has 0 saturated carbocycles. The molecule has 0 spiro atoms. The van der Waals surface area contributed by atoms with E-state index in [2.05, 4.69) is 26.1 Å². The number of hydrogen-bond acceptors (Lipinski definition) is 3. The fourth-order valence-corrected chi connectivity index (χ4v) is 2.97. The number of carbonyl (C=O) groups is 1. The first-order valence-electron chi connectivity index (χ1n) is 10.2. The number of anilines is 1. The van der Waals surface area contributed by atoms with Gasteiger partial charge in [0.2, 0.25) is 0 Å². The van der Waals surface area contributed by atoms with Gasteiger partial charge in [-0.2, -0.15) is 5.26 Å². The molecule has 0 aliphatic rings. The molecule has 3 rings (SSSR count). The average molecular weight is 411 g/mol. The molecule has 0 fully saturated rings. The Morgan fingerprint density at radius 2 is 1.61 bits per heavy atom. The van der Waals surface area contributed by atoms with Crippen molar-refractivity contribution in [2.75, 3.05) is 5.32 Å². The maximum absolute atomic E-state index is 12.5. The minimum atomic E-state index is -0.444. The maximum atomic E-state index is 12.5. The van der Waals surface area contributed by atoms with Gasteiger partial charge >= 0.3 is 0 Å². The minimum absolute atomic E-state index is 0.0490. The topological polar surface area (TPSA) is 62.1 Å². The van der Waals surface area contributed by atoms with E-state index in [1.807, 2.05) is 60.7 Å². The first-order chi connectivity index (χ1) is 14.8. The third kappa shape index (κ3) is 6.32. The second-order valence-corrected chi connectivity index (χ2v) is 8.29. The van der Waals surface area contributed by atoms with Crippen LogP contribution >= 0.6 is 0 Å². The van der Waals surface area contributed by atoms with Crippen LogP contribution in [0.3, 0.4) is 0 Å². The van der Waals surface area contributed by atoms with Crippen molar-refractivity contribution in [3.8, 4) is 11.8 Å². The summed E-state index contributed by atoms with van der Waals surface area (Å²) in [6.45, 7) is 6.90. The van der Waals surface area contributed by atoms with Crippen LogP contribution in [0.5, 0.6) is 5.75 Å². The van der Waals surface area contributed by atoms with E-state index in [9.17, 15) is 10.1 Å². The zero-order chi connectivity index (χ0) is 22.3. The molecule has 0 atom stereocenters. The molecule has 1 amide bonds. The molecule has 4 heteroatoms. The first-order valence-corrected chi connectivity index (χ1v) is 10.2. The first kappa shape index (κ1) is 21.9. The summed E-state index contributed by atoms with van der Waals surface area (Å²) in [5.41, 5.74) is 3.79. The zero-order valence-corrected chi connectivity index (χ0v) is 18.1. The third-order valence-corrected chi connectivity index (χ3v) is 4.81. The smallest absolute Gasteiger partial charge is 0.266 e. The molecule has 1 N–H and O–H groups in total. The van der Waals surface area contributed by atoms with E-state index in [0.717, 1.165) is 11.1 Å². The summed E-state index contributed by atoms with van der Waals surface area (Å²) in [6, 6.07) is 26.9. The average Bonchev–Trinajstić information content (AvgIpc) is 2.77. The van der Waals surface area contributed by atoms with Gasteiger partial charge in [-0.3, -0.25) is 4.79 Å². The quantitative estimate of drug-likeness (QED) is 0.394. The summed E-state index contributed by atoms with van der Waals surface area (Å²) in [5.74, 6) is 0.261. The lowest BCUT2D eigenvalue weighted by Crippen LogP contribution is -2.13. The van der Waals surface area contributed by atoms with Gasteiger partial charge in [-0.1, -0.05) is 75.4 Å². The highest BCUT2D eigenvalue weighted by Gasteiger charge is 2.13. The summed E-state index contributed by atoms with van der Waals surface area (Å²) in [7, 11) is 0. The fraction of sp³-hybridized carbons (Fsp3) is 0.185. The van der Waals surface area contributed by atoms with Crippen molar-refractivity contribution in [2.45, 2.75) is 32.8 Å². The molecule has 4 nitrogen and oxygen atoms in total. The maximum Gasteiger partial charge on any atom is 0.266 e. The van der Waals surface area contributed by atoms with Gasteiger partial charge in [-0.05, 0) is 52.4 Å². The number of rotatable bonds is 6. The van der Waals surface area contributed by atoms with Gasteiger partial charge in [-0.15, -0.1) is 0 Å². The normalized spacial score (nSPS) is 11.5. The van der Waals surface area contributed by atoms with Crippen LogP contribution < -0.4 is 10.1 Å². The van der Waals surface area contributed by atoms with Crippen LogP contribution in [0.25, 0.3) is 6.08 Å². The van der Waals surface area contributed by atoms with E-state index in [1.165, 1.54) is 5.56 Å². The van der Waals surface area contributed by atoms with E-state index >= 15 is 0 Å². The number of amides is 1. The van der Waals surface area contributed by atoms with Gasteiger partial charge in [0.05, 0.1) is 0 Å². The SMILES string of the molecule is CC(C)(C)c1ccc(/C=C(\C#N)C(=O)Nc2ccc(OCc3ccccc3)cc2)cc1. The summed E-state index contributed by atoms with van der Waals surface area (Å²) in [5, 5.41) is 12.2. The molecular weight excluding hydrogens is 384 g/mol. The van der Waals surface area contributed by atoms with Crippen molar-refractivity contribution >= 4 is 17.7 Å². The lowest BCUT2D eigenvalue weighted by molar-refractivity contribution is -0.112. The van der Waals surface area contributed by atoms with Crippen LogP contribution in [0.15, 0.2) is 84.4 Å². The minimum Gasteiger partial charge on any atom is -0.489 e. The Balaban J connectivity index is 1.62. The molecule has 0 bridgehead atoms. The Morgan fingerprint density at radius 3 is 2.19 bits per heavy atom. The van der Waals surface area contributed by atoms with Crippen molar-refractivity contribution in [3.05, 3.63) is 101 Å². The molecule has 0 heterocycles. The number of benzene rings is 3. The molecule has 0 unspecified atom stereocenters. The highest BCUT2D eigenvalue weighted by atomic mass is 16.5. The highest BCUT2D eigenvalue weighted by Crippen LogP contribution is 2.23. The summed E-state index contributed by atoms with van der Waals surface area (Å²) in [6.07, 6.45) is 1.60. The Kier molecular flexibility index (Phi) is 6.89. The van der Waals surface area contributed by atoms with E-state index in [1.54, 1.807) is 30.3 Å². The Bertz CT molecular complexity index is 1090. The molecule has 0 aliphatic carbocycles. The molecule has 31 heavy (non-hydrogen) atoms. The van der Waals surface area contributed by atoms with Crippen LogP contribution in [0.4, 0.5) is 5.69 Å². The van der Waals surface area contributed by atoms with Crippen molar-refractivity contribution < 1.29 is 9.53 Å². The van der Waals surface area contributed by atoms with Gasteiger partial charge in [0.15, 0.2) is 0 Å². The van der Waals surface area contributed by atoms with Crippen LogP contribution in [0, 0.1) is 11.3 Å². The molecule has 3 aromatic rings. The largest absolute Gasteiger partial charge is 0.489 e. The number of carbonyl (C=O) groups excluding carboxylic acids is 1. The second-order valence-electron chi connectivity index (χ2n) is 8.29. The Hall–Kier alpha value is -3.84. The Morgan fingerprint density at radius 1 is 0.968 bits per heavy atom. The third-order valence-electron chi connectivity index (χ3n) is 4.81. The monoisotopic (exact) mass is 410 g/mol. The summed E-state index contributed by atoms with van der Waals surface area (Å²) >= 11 is 0. The van der Waals surface area contributed by atoms with Crippen LogP contribution in [-0.4, -0.2) is 5.91 Å². The van der Waals surface area contributed by atoms with Crippen molar-refractivity contribution in [2.24, 2.45) is 0 Å². The molecule has 3 aromatic carbocycles. The lowest BCUT2D eigenvalue weighted by atomic mass is 9.86. The van der Waals surface area contributed by atoms with Crippen LogP contribution in [0.1, 0.15) is 37.5 Å². The van der Waals surface area contributed by atoms with Crippen molar-refractivity contribution in [3.63, 3.8) is 0 Å². The van der Waals surface area contributed by atoms with E-state index in [4.69, 9.17) is 4.74 Å². The standard InChI is InChI=1S/C27H26N2O2/c1-27(2,3)23-11-9-20(10-12-23)17-22(18-28)26(30)29-24-13-15-25(16-14-24)31-19-21-7-5-4-6-8-21/h4-17H,19H2,1-3H3,(H,29,30)/b22-17+. The molecular formula is C27H26N2O2. The number of hydrogen-bond donors (Lipinski definition) is 1. The van der Waals surface area contributed by atoms with Crippen LogP contribution in [0.2, 0.25) is 0 Å². The lowest BCUT2D eigenvalue weighted by Gasteiger charge is -2.18. The highest BCUT2D eigenvalue weighted by molar-refractivity contribution is 6.09. The number of nitrogens with zero attached hydrogens (tertiary/aromatic N) is 1. The summed E-state index contributed by atoms with van der Waals surface area (Å²) in [4.78, 5) is 12.5. The van der Waals surface area contributed by atoms with Gasteiger partial charge < -0.3 is 10.1 Å². The molecule has 0 saturated heterocycles. The van der Waals surface area contributed by atoms with Gasteiger partial charge in [-0.25, -0.2) is 0 Å². The summed E-state index contributed by atoms with van der Waals surface area (Å²) < 4.78 is 5.76. The number of nitrogens with one attached hydrogen (secondary N) is 1. The van der Waals surface area contributed by atoms with Gasteiger partial charge in [0.25, 0.3) is 5.91 Å². The van der Waals surface area contributed by atoms with E-state index in [0.29, 0.717) is 18.0 Å². The molecule has 0 aliphatic heterocycles. The van der Waals surface area contributed by atoms with Crippen LogP contribution in [-0.2, 0) is 16.8 Å². The molecule has 0 radical (unpaired) electrons. The molecule has 0 aromatic heterocycles. The Labute approximate surface area is 183 Å². The van der Waals surface area contributed by atoms with Gasteiger partial charge in [0, 0.05) is 5.69 Å². The number of ether oxygens (including phenoxy) is 1. The fourth-order valence-electron chi connectivity index (χ4n) is 2.97. The zero-order valence-electron chi connectivity index (χ0n) is 18.1. The predicted octanol–water partition coefficient (Wildman–Crippen LogP) is 6.11. The van der Waals surface area contributed by atoms with Crippen molar-refractivity contribution in [1.82, 2.24) is 0 Å². The van der Waals surface area contributed by atoms with Gasteiger partial charge in [0.1, 0.15) is 24.0 Å². The van der Waals surface area contributed by atoms with Crippen molar-refractivity contribution in [1.29, 1.82) is 5.26 Å². The second kappa shape index (κ2) is 9.77. The van der Waals surface area contributed by atoms with E-state index in [-0.39, 0.29) is 11.0 Å². The predicted molar refractivity (Wildman–Crippen MR) is 125 cm³/mol. The number of nitriles is 1.